The minimum absolute atomic E-state index is 0.193. The smallest absolute Gasteiger partial charge is 0.192 e. The van der Waals surface area contributed by atoms with Gasteiger partial charge in [0, 0.05) is 0 Å². The molecule has 2 nitrogen and oxygen atoms in total. The molecular formula is C22H32O2Si. The largest absolute Gasteiger partial charge is 0.414 e. The Morgan fingerprint density at radius 2 is 1.72 bits per heavy atom. The molecule has 1 heterocycles. The minimum atomic E-state index is -1.70. The van der Waals surface area contributed by atoms with Crippen molar-refractivity contribution in [2.24, 2.45) is 0 Å². The molecule has 3 rings (SSSR count). The molecule has 0 bridgehead atoms. The summed E-state index contributed by atoms with van der Waals surface area (Å²) in [6.07, 6.45) is 2.58. The van der Waals surface area contributed by atoms with Crippen molar-refractivity contribution in [2.75, 3.05) is 6.61 Å². The molecule has 0 spiro atoms. The van der Waals surface area contributed by atoms with Gasteiger partial charge in [-0.1, -0.05) is 57.2 Å². The van der Waals surface area contributed by atoms with Crippen LogP contribution in [0, 0.1) is 6.92 Å². The van der Waals surface area contributed by atoms with E-state index in [2.05, 4.69) is 77.2 Å². The zero-order valence-corrected chi connectivity index (χ0v) is 17.6. The highest BCUT2D eigenvalue weighted by molar-refractivity contribution is 6.74. The lowest BCUT2D eigenvalue weighted by atomic mass is 9.96. The Labute approximate surface area is 153 Å². The first-order valence-corrected chi connectivity index (χ1v) is 12.4. The molecule has 0 amide bonds. The fraction of sp³-hybridized carbons (Fsp3) is 0.545. The van der Waals surface area contributed by atoms with Crippen LogP contribution in [0.25, 0.3) is 10.8 Å². The first-order chi connectivity index (χ1) is 11.7. The highest BCUT2D eigenvalue weighted by atomic mass is 28.4. The number of benzene rings is 2. The lowest BCUT2D eigenvalue weighted by Crippen LogP contribution is -2.42. The molecule has 136 valence electrons. The van der Waals surface area contributed by atoms with E-state index in [1.807, 2.05) is 0 Å². The maximum Gasteiger partial charge on any atom is 0.192 e. The molecule has 1 aliphatic heterocycles. The standard InChI is InChI=1S/C22H32O2Si/c1-16-9-7-11-19-18(16)10-8-12-20(19)21-14-13-17(24-21)15-23-25(5,6)22(2,3)4/h7-12,17,21H,13-15H2,1-6H3/t17-,21+/m0/s1. The van der Waals surface area contributed by atoms with E-state index in [4.69, 9.17) is 9.16 Å². The second-order valence-electron chi connectivity index (χ2n) is 8.91. The van der Waals surface area contributed by atoms with Crippen LogP contribution in [0.4, 0.5) is 0 Å². The van der Waals surface area contributed by atoms with Gasteiger partial charge < -0.3 is 9.16 Å². The second kappa shape index (κ2) is 6.86. The first-order valence-electron chi connectivity index (χ1n) is 9.47. The van der Waals surface area contributed by atoms with Crippen molar-refractivity contribution in [2.45, 2.75) is 70.9 Å². The Morgan fingerprint density at radius 3 is 2.44 bits per heavy atom. The molecule has 2 atom stereocenters. The van der Waals surface area contributed by atoms with E-state index in [1.54, 1.807) is 0 Å². The molecule has 1 fully saturated rings. The summed E-state index contributed by atoms with van der Waals surface area (Å²) in [7, 11) is -1.70. The van der Waals surface area contributed by atoms with Gasteiger partial charge in [-0.2, -0.15) is 0 Å². The van der Waals surface area contributed by atoms with Gasteiger partial charge in [0.05, 0.1) is 18.8 Å². The van der Waals surface area contributed by atoms with Gasteiger partial charge in [-0.05, 0) is 59.8 Å². The molecule has 25 heavy (non-hydrogen) atoms. The fourth-order valence-corrected chi connectivity index (χ4v) is 4.38. The summed E-state index contributed by atoms with van der Waals surface area (Å²) < 4.78 is 12.8. The van der Waals surface area contributed by atoms with Crippen LogP contribution < -0.4 is 0 Å². The topological polar surface area (TPSA) is 18.5 Å². The molecule has 1 saturated heterocycles. The number of hydrogen-bond donors (Lipinski definition) is 0. The van der Waals surface area contributed by atoms with Crippen LogP contribution >= 0.6 is 0 Å². The van der Waals surface area contributed by atoms with Crippen molar-refractivity contribution in [3.05, 3.63) is 47.5 Å². The molecule has 0 saturated carbocycles. The van der Waals surface area contributed by atoms with Gasteiger partial charge in [-0.15, -0.1) is 0 Å². The minimum Gasteiger partial charge on any atom is -0.414 e. The molecule has 1 aliphatic rings. The predicted molar refractivity (Wildman–Crippen MR) is 109 cm³/mol. The number of aryl methyl sites for hydroxylation is 1. The van der Waals surface area contributed by atoms with E-state index in [1.165, 1.54) is 21.9 Å². The summed E-state index contributed by atoms with van der Waals surface area (Å²) in [5.74, 6) is 0. The summed E-state index contributed by atoms with van der Waals surface area (Å²) in [5.41, 5.74) is 2.66. The third-order valence-corrected chi connectivity index (χ3v) is 10.6. The van der Waals surface area contributed by atoms with Crippen LogP contribution in [0.15, 0.2) is 36.4 Å². The summed E-state index contributed by atoms with van der Waals surface area (Å²) in [6, 6.07) is 13.1. The average Bonchev–Trinajstić information content (AvgIpc) is 3.01. The second-order valence-corrected chi connectivity index (χ2v) is 13.7. The summed E-state index contributed by atoms with van der Waals surface area (Å²) in [4.78, 5) is 0. The Kier molecular flexibility index (Phi) is 5.11. The number of ether oxygens (including phenoxy) is 1. The summed E-state index contributed by atoms with van der Waals surface area (Å²) in [5, 5.41) is 2.92. The lowest BCUT2D eigenvalue weighted by molar-refractivity contribution is 0.0146. The zero-order valence-electron chi connectivity index (χ0n) is 16.6. The van der Waals surface area contributed by atoms with Gasteiger partial charge >= 0.3 is 0 Å². The normalized spacial score (nSPS) is 21.8. The van der Waals surface area contributed by atoms with Gasteiger partial charge in [0.1, 0.15) is 0 Å². The Morgan fingerprint density at radius 1 is 1.04 bits per heavy atom. The van der Waals surface area contributed by atoms with Gasteiger partial charge in [0.2, 0.25) is 0 Å². The number of fused-ring (bicyclic) bond motifs is 1. The van der Waals surface area contributed by atoms with Crippen molar-refractivity contribution < 1.29 is 9.16 Å². The summed E-state index contributed by atoms with van der Waals surface area (Å²) in [6.45, 7) is 14.4. The quantitative estimate of drug-likeness (QED) is 0.591. The van der Waals surface area contributed by atoms with Crippen LogP contribution in [-0.4, -0.2) is 21.0 Å². The molecule has 2 aromatic carbocycles. The third-order valence-electron chi connectivity index (χ3n) is 6.06. The highest BCUT2D eigenvalue weighted by Gasteiger charge is 2.38. The third kappa shape index (κ3) is 3.84. The van der Waals surface area contributed by atoms with E-state index in [0.29, 0.717) is 0 Å². The van der Waals surface area contributed by atoms with Gasteiger partial charge in [0.15, 0.2) is 8.32 Å². The molecule has 0 aliphatic carbocycles. The predicted octanol–water partition coefficient (Wildman–Crippen LogP) is 6.39. The molecule has 0 N–H and O–H groups in total. The molecule has 3 heteroatoms. The Balaban J connectivity index is 1.71. The van der Waals surface area contributed by atoms with E-state index < -0.39 is 8.32 Å². The van der Waals surface area contributed by atoms with E-state index >= 15 is 0 Å². The number of hydrogen-bond acceptors (Lipinski definition) is 2. The van der Waals surface area contributed by atoms with Crippen molar-refractivity contribution in [3.63, 3.8) is 0 Å². The van der Waals surface area contributed by atoms with Crippen LogP contribution in [0.2, 0.25) is 18.1 Å². The van der Waals surface area contributed by atoms with Crippen molar-refractivity contribution in [1.82, 2.24) is 0 Å². The van der Waals surface area contributed by atoms with Crippen molar-refractivity contribution in [3.8, 4) is 0 Å². The average molecular weight is 357 g/mol. The van der Waals surface area contributed by atoms with Gasteiger partial charge in [0.25, 0.3) is 0 Å². The molecule has 0 unspecified atom stereocenters. The Hall–Kier alpha value is -1.16. The molecule has 0 radical (unpaired) electrons. The van der Waals surface area contributed by atoms with Gasteiger partial charge in [-0.3, -0.25) is 0 Å². The van der Waals surface area contributed by atoms with Gasteiger partial charge in [-0.25, -0.2) is 0 Å². The number of rotatable bonds is 4. The van der Waals surface area contributed by atoms with E-state index in [9.17, 15) is 0 Å². The van der Waals surface area contributed by atoms with Crippen LogP contribution in [0.5, 0.6) is 0 Å². The maximum absolute atomic E-state index is 6.40. The van der Waals surface area contributed by atoms with E-state index in [0.717, 1.165) is 19.4 Å². The SMILES string of the molecule is Cc1cccc2c([C@H]3CC[C@@H](CO[Si](C)(C)C(C)(C)C)O3)cccc12. The fourth-order valence-electron chi connectivity index (χ4n) is 3.35. The molecule has 2 aromatic rings. The molecule has 0 aromatic heterocycles. The van der Waals surface area contributed by atoms with E-state index in [-0.39, 0.29) is 17.2 Å². The lowest BCUT2D eigenvalue weighted by Gasteiger charge is -2.36. The van der Waals surface area contributed by atoms with Crippen LogP contribution in [0.1, 0.15) is 50.8 Å². The molecular weight excluding hydrogens is 324 g/mol. The van der Waals surface area contributed by atoms with Crippen molar-refractivity contribution >= 4 is 19.1 Å². The van der Waals surface area contributed by atoms with Crippen molar-refractivity contribution in [1.29, 1.82) is 0 Å². The first kappa shape index (κ1) is 18.6. The highest BCUT2D eigenvalue weighted by Crippen LogP contribution is 2.39. The summed E-state index contributed by atoms with van der Waals surface area (Å²) >= 11 is 0. The Bertz CT molecular complexity index is 745. The zero-order chi connectivity index (χ0) is 18.2. The maximum atomic E-state index is 6.40. The monoisotopic (exact) mass is 356 g/mol. The van der Waals surface area contributed by atoms with Crippen LogP contribution in [-0.2, 0) is 9.16 Å². The van der Waals surface area contributed by atoms with Crippen LogP contribution in [0.3, 0.4) is 0 Å².